The monoisotopic (exact) mass is 571 g/mol. The van der Waals surface area contributed by atoms with Gasteiger partial charge in [0.2, 0.25) is 0 Å². The van der Waals surface area contributed by atoms with E-state index in [0.29, 0.717) is 27.4 Å². The van der Waals surface area contributed by atoms with Crippen molar-refractivity contribution < 1.29 is 14.3 Å². The zero-order valence-electron chi connectivity index (χ0n) is 20.7. The lowest BCUT2D eigenvalue weighted by Crippen LogP contribution is -2.54. The highest BCUT2D eigenvalue weighted by molar-refractivity contribution is 7.80. The Morgan fingerprint density at radius 3 is 2.15 bits per heavy atom. The molecule has 9 heteroatoms. The molecule has 1 atom stereocenters. The Bertz CT molecular complexity index is 1650. The number of thiocarbonyl (C=S) groups is 1. The van der Waals surface area contributed by atoms with Crippen molar-refractivity contribution in [3.8, 4) is 17.2 Å². The van der Waals surface area contributed by atoms with Crippen molar-refractivity contribution in [1.82, 2.24) is 9.88 Å². The Labute approximate surface area is 241 Å². The summed E-state index contributed by atoms with van der Waals surface area (Å²) in [5, 5.41) is 2.49. The highest BCUT2D eigenvalue weighted by Gasteiger charge is 2.34. The summed E-state index contributed by atoms with van der Waals surface area (Å²) in [6.07, 6.45) is 3.32. The van der Waals surface area contributed by atoms with Gasteiger partial charge in [0, 0.05) is 17.4 Å². The van der Waals surface area contributed by atoms with Crippen LogP contribution in [0, 0.1) is 4.64 Å². The molecule has 5 rings (SSSR count). The van der Waals surface area contributed by atoms with E-state index in [4.69, 9.17) is 40.8 Å². The minimum atomic E-state index is -0.587. The molecule has 0 aliphatic carbocycles. The number of aromatic nitrogens is 1. The Balaban J connectivity index is 1.43. The van der Waals surface area contributed by atoms with E-state index in [0.717, 1.165) is 11.3 Å². The second kappa shape index (κ2) is 11.3. The van der Waals surface area contributed by atoms with Crippen LogP contribution in [0.3, 0.4) is 0 Å². The second-order valence-electron chi connectivity index (χ2n) is 8.71. The van der Waals surface area contributed by atoms with Gasteiger partial charge in [-0.1, -0.05) is 48.6 Å². The summed E-state index contributed by atoms with van der Waals surface area (Å²) in [6, 6.07) is 27.5. The van der Waals surface area contributed by atoms with Crippen molar-refractivity contribution >= 4 is 64.7 Å². The SMILES string of the molecule is CC(Cl)c1ccc(-n2cccc(/C=C3\C(=O)NC(=S)N(c4ccc(Oc5ccccc5)cc4)C3=O)c2=S)cc1. The van der Waals surface area contributed by atoms with Crippen LogP contribution >= 0.6 is 36.0 Å². The standard InChI is InChI=1S/C30H22ClN3O3S2/c1-19(31)20-9-11-22(12-10-20)33-17-5-6-21(29(33)38)18-26-27(35)32-30(39)34(28(26)36)23-13-15-25(16-14-23)37-24-7-3-2-4-8-24/h2-19H,1H3,(H,32,35,39)/b26-18+. The van der Waals surface area contributed by atoms with Gasteiger partial charge in [0.15, 0.2) is 5.11 Å². The van der Waals surface area contributed by atoms with E-state index in [1.165, 1.54) is 11.0 Å². The molecule has 194 valence electrons. The molecule has 2 amide bonds. The minimum absolute atomic E-state index is 0.00536. The molecule has 0 bridgehead atoms. The second-order valence-corrected chi connectivity index (χ2v) is 10.1. The van der Waals surface area contributed by atoms with E-state index >= 15 is 0 Å². The van der Waals surface area contributed by atoms with Crippen molar-refractivity contribution in [1.29, 1.82) is 0 Å². The van der Waals surface area contributed by atoms with Crippen molar-refractivity contribution in [3.63, 3.8) is 0 Å². The number of anilines is 1. The molecule has 6 nitrogen and oxygen atoms in total. The Morgan fingerprint density at radius 1 is 0.846 bits per heavy atom. The number of nitrogens with zero attached hydrogens (tertiary/aromatic N) is 2. The number of pyridine rings is 1. The summed E-state index contributed by atoms with van der Waals surface area (Å²) < 4.78 is 8.09. The number of rotatable bonds is 6. The molecule has 1 aromatic heterocycles. The van der Waals surface area contributed by atoms with Crippen LogP contribution in [-0.4, -0.2) is 21.5 Å². The van der Waals surface area contributed by atoms with Crippen LogP contribution in [0.2, 0.25) is 0 Å². The molecule has 0 saturated carbocycles. The normalized spacial score (nSPS) is 15.3. The van der Waals surface area contributed by atoms with Crippen LogP contribution in [0.4, 0.5) is 5.69 Å². The number of amides is 2. The fraction of sp³-hybridized carbons (Fsp3) is 0.0667. The van der Waals surface area contributed by atoms with Gasteiger partial charge in [-0.25, -0.2) is 0 Å². The number of benzene rings is 3. The summed E-state index contributed by atoms with van der Waals surface area (Å²) in [4.78, 5) is 27.6. The minimum Gasteiger partial charge on any atom is -0.457 e. The van der Waals surface area contributed by atoms with Crippen LogP contribution in [0.15, 0.2) is 103 Å². The maximum Gasteiger partial charge on any atom is 0.270 e. The summed E-state index contributed by atoms with van der Waals surface area (Å²) in [6.45, 7) is 1.91. The van der Waals surface area contributed by atoms with Gasteiger partial charge in [-0.15, -0.1) is 11.6 Å². The zero-order valence-corrected chi connectivity index (χ0v) is 23.1. The maximum atomic E-state index is 13.5. The molecule has 1 aliphatic heterocycles. The first-order valence-electron chi connectivity index (χ1n) is 12.0. The van der Waals surface area contributed by atoms with Gasteiger partial charge in [-0.2, -0.15) is 0 Å². The molecule has 0 spiro atoms. The summed E-state index contributed by atoms with van der Waals surface area (Å²) in [5.41, 5.74) is 2.78. The Kier molecular flexibility index (Phi) is 7.70. The van der Waals surface area contributed by atoms with Gasteiger partial charge >= 0.3 is 0 Å². The van der Waals surface area contributed by atoms with Gasteiger partial charge < -0.3 is 9.30 Å². The van der Waals surface area contributed by atoms with E-state index < -0.39 is 11.8 Å². The highest BCUT2D eigenvalue weighted by Crippen LogP contribution is 2.27. The summed E-state index contributed by atoms with van der Waals surface area (Å²) >= 11 is 17.2. The lowest BCUT2D eigenvalue weighted by Gasteiger charge is -2.29. The molecule has 39 heavy (non-hydrogen) atoms. The quantitative estimate of drug-likeness (QED) is 0.115. The van der Waals surface area contributed by atoms with Crippen LogP contribution in [0.5, 0.6) is 11.5 Å². The smallest absolute Gasteiger partial charge is 0.270 e. The van der Waals surface area contributed by atoms with Crippen LogP contribution in [-0.2, 0) is 9.59 Å². The van der Waals surface area contributed by atoms with Gasteiger partial charge in [0.05, 0.1) is 11.1 Å². The van der Waals surface area contributed by atoms with Crippen LogP contribution < -0.4 is 15.0 Å². The molecule has 2 heterocycles. The van der Waals surface area contributed by atoms with E-state index in [-0.39, 0.29) is 16.1 Å². The number of hydrogen-bond donors (Lipinski definition) is 1. The third-order valence-corrected chi connectivity index (χ3v) is 7.05. The number of carbonyl (C=O) groups excluding carboxylic acids is 2. The van der Waals surface area contributed by atoms with Crippen LogP contribution in [0.25, 0.3) is 11.8 Å². The molecule has 1 fully saturated rings. The molecule has 0 radical (unpaired) electrons. The van der Waals surface area contributed by atoms with Gasteiger partial charge in [-0.05, 0) is 85.4 Å². The average molecular weight is 572 g/mol. The highest BCUT2D eigenvalue weighted by atomic mass is 35.5. The largest absolute Gasteiger partial charge is 0.457 e. The predicted molar refractivity (Wildman–Crippen MR) is 160 cm³/mol. The lowest BCUT2D eigenvalue weighted by atomic mass is 10.1. The van der Waals surface area contributed by atoms with E-state index in [1.807, 2.05) is 72.3 Å². The number of ether oxygens (including phenoxy) is 1. The van der Waals surface area contributed by atoms with Crippen molar-refractivity contribution in [2.75, 3.05) is 4.90 Å². The molecule has 4 aromatic rings. The Morgan fingerprint density at radius 2 is 1.49 bits per heavy atom. The van der Waals surface area contributed by atoms with E-state index in [9.17, 15) is 9.59 Å². The first-order chi connectivity index (χ1) is 18.8. The number of nitrogens with one attached hydrogen (secondary N) is 1. The molecule has 1 aliphatic rings. The van der Waals surface area contributed by atoms with Crippen molar-refractivity contribution in [2.45, 2.75) is 12.3 Å². The molecule has 3 aromatic carbocycles. The van der Waals surface area contributed by atoms with Gasteiger partial charge in [0.1, 0.15) is 21.7 Å². The zero-order chi connectivity index (χ0) is 27.5. The van der Waals surface area contributed by atoms with E-state index in [2.05, 4.69) is 5.32 Å². The molecule has 1 N–H and O–H groups in total. The molecular formula is C30H22ClN3O3S2. The summed E-state index contributed by atoms with van der Waals surface area (Å²) in [7, 11) is 0. The number of para-hydroxylation sites is 1. The van der Waals surface area contributed by atoms with Crippen molar-refractivity contribution in [2.24, 2.45) is 0 Å². The number of alkyl halides is 1. The van der Waals surface area contributed by atoms with Gasteiger partial charge in [0.25, 0.3) is 11.8 Å². The molecular weight excluding hydrogens is 550 g/mol. The lowest BCUT2D eigenvalue weighted by molar-refractivity contribution is -0.122. The fourth-order valence-corrected chi connectivity index (χ4v) is 4.78. The molecule has 1 saturated heterocycles. The third-order valence-electron chi connectivity index (χ3n) is 6.08. The molecule has 1 unspecified atom stereocenters. The van der Waals surface area contributed by atoms with Crippen LogP contribution in [0.1, 0.15) is 23.4 Å². The predicted octanol–water partition coefficient (Wildman–Crippen LogP) is 7.13. The summed E-state index contributed by atoms with van der Waals surface area (Å²) in [5.74, 6) is 0.149. The Hall–Kier alpha value is -4.11. The third kappa shape index (κ3) is 5.68. The fourth-order valence-electron chi connectivity index (χ4n) is 4.06. The number of hydrogen-bond acceptors (Lipinski definition) is 5. The topological polar surface area (TPSA) is 63.6 Å². The maximum absolute atomic E-state index is 13.5. The first-order valence-corrected chi connectivity index (χ1v) is 13.3. The van der Waals surface area contributed by atoms with E-state index in [1.54, 1.807) is 36.4 Å². The first kappa shape index (κ1) is 26.5. The van der Waals surface area contributed by atoms with Gasteiger partial charge in [-0.3, -0.25) is 19.8 Å². The number of halogens is 1. The average Bonchev–Trinajstić information content (AvgIpc) is 2.93. The number of carbonyl (C=O) groups is 2. The van der Waals surface area contributed by atoms with Crippen molar-refractivity contribution in [3.05, 3.63) is 119 Å².